The molecule has 1 aliphatic heterocycles. The van der Waals surface area contributed by atoms with Crippen molar-refractivity contribution in [3.8, 4) is 11.5 Å². The van der Waals surface area contributed by atoms with E-state index in [0.29, 0.717) is 47.3 Å². The van der Waals surface area contributed by atoms with Crippen LogP contribution >= 0.6 is 11.6 Å². The molecule has 0 aromatic heterocycles. The first kappa shape index (κ1) is 26.3. The first-order valence-electron chi connectivity index (χ1n) is 11.8. The third-order valence-corrected chi connectivity index (χ3v) is 6.44. The Morgan fingerprint density at radius 3 is 2.35 bits per heavy atom. The Bertz CT molecular complexity index is 1310. The van der Waals surface area contributed by atoms with Gasteiger partial charge in [0.15, 0.2) is 11.5 Å². The average molecular weight is 521 g/mol. The van der Waals surface area contributed by atoms with E-state index in [1.165, 1.54) is 12.0 Å². The highest BCUT2D eigenvalue weighted by Gasteiger charge is 2.46. The highest BCUT2D eigenvalue weighted by Crippen LogP contribution is 2.42. The molecule has 1 unspecified atom stereocenters. The molecule has 0 bridgehead atoms. The molecule has 37 heavy (non-hydrogen) atoms. The molecule has 0 aliphatic carbocycles. The number of benzene rings is 3. The Hall–Kier alpha value is -3.81. The molecule has 1 atom stereocenters. The molecule has 1 heterocycles. The van der Waals surface area contributed by atoms with Gasteiger partial charge >= 0.3 is 0 Å². The number of aliphatic hydroxyl groups excluding tert-OH is 1. The molecule has 4 rings (SSSR count). The van der Waals surface area contributed by atoms with E-state index in [9.17, 15) is 14.7 Å². The Balaban J connectivity index is 1.75. The van der Waals surface area contributed by atoms with Gasteiger partial charge in [-0.1, -0.05) is 48.0 Å². The topological polar surface area (TPSA) is 79.3 Å². The fourth-order valence-corrected chi connectivity index (χ4v) is 4.36. The molecule has 0 saturated carbocycles. The van der Waals surface area contributed by atoms with Crippen LogP contribution in [0.15, 0.2) is 78.4 Å². The molecule has 8 heteroatoms. The summed E-state index contributed by atoms with van der Waals surface area (Å²) >= 11 is 6.00. The second-order valence-electron chi connectivity index (χ2n) is 8.99. The number of Topliss-reactive ketones (excluding diaryl/α,β-unsaturated/α-hetero) is 1. The number of nitrogens with zero attached hydrogens (tertiary/aromatic N) is 2. The standard InChI is InChI=1S/C29H29ClN2O5/c1-31(2)15-16-32-26(25(28(34)29(32)35)27(33)20-9-12-22(30)13-10-20)21-11-14-23(24(17-21)36-3)37-18-19-7-5-4-6-8-19/h4-14,17,26,33H,15-16,18H2,1-3H3/b27-25+. The lowest BCUT2D eigenvalue weighted by atomic mass is 9.95. The number of rotatable bonds is 9. The highest BCUT2D eigenvalue weighted by atomic mass is 35.5. The van der Waals surface area contributed by atoms with Crippen LogP contribution in [0.4, 0.5) is 0 Å². The summed E-state index contributed by atoms with van der Waals surface area (Å²) in [4.78, 5) is 29.7. The monoisotopic (exact) mass is 520 g/mol. The van der Waals surface area contributed by atoms with Crippen LogP contribution in [0.25, 0.3) is 5.76 Å². The molecule has 1 aliphatic rings. The van der Waals surface area contributed by atoms with Crippen LogP contribution < -0.4 is 9.47 Å². The van der Waals surface area contributed by atoms with Crippen molar-refractivity contribution in [1.82, 2.24) is 9.80 Å². The number of ketones is 1. The van der Waals surface area contributed by atoms with Crippen LogP contribution in [0.1, 0.15) is 22.7 Å². The van der Waals surface area contributed by atoms with Crippen molar-refractivity contribution in [3.63, 3.8) is 0 Å². The maximum absolute atomic E-state index is 13.2. The van der Waals surface area contributed by atoms with Gasteiger partial charge in [-0.25, -0.2) is 0 Å². The van der Waals surface area contributed by atoms with Gasteiger partial charge in [0, 0.05) is 23.7 Å². The van der Waals surface area contributed by atoms with Crippen LogP contribution in [0.2, 0.25) is 5.02 Å². The van der Waals surface area contributed by atoms with Crippen LogP contribution in [-0.4, -0.2) is 60.9 Å². The highest BCUT2D eigenvalue weighted by molar-refractivity contribution is 6.46. The van der Waals surface area contributed by atoms with E-state index >= 15 is 0 Å². The summed E-state index contributed by atoms with van der Waals surface area (Å²) in [5.74, 6) is -0.669. The summed E-state index contributed by atoms with van der Waals surface area (Å²) in [7, 11) is 5.31. The van der Waals surface area contributed by atoms with Crippen molar-refractivity contribution in [2.75, 3.05) is 34.3 Å². The lowest BCUT2D eigenvalue weighted by Gasteiger charge is -2.27. The van der Waals surface area contributed by atoms with Gasteiger partial charge in [0.25, 0.3) is 11.7 Å². The van der Waals surface area contributed by atoms with Crippen molar-refractivity contribution in [1.29, 1.82) is 0 Å². The second-order valence-corrected chi connectivity index (χ2v) is 9.42. The van der Waals surface area contributed by atoms with E-state index in [1.807, 2.05) is 49.3 Å². The van der Waals surface area contributed by atoms with Crippen LogP contribution in [0, 0.1) is 0 Å². The summed E-state index contributed by atoms with van der Waals surface area (Å²) < 4.78 is 11.6. The quantitative estimate of drug-likeness (QED) is 0.245. The summed E-state index contributed by atoms with van der Waals surface area (Å²) in [6, 6.07) is 20.7. The minimum atomic E-state index is -0.798. The van der Waals surface area contributed by atoms with Crippen LogP contribution in [-0.2, 0) is 16.2 Å². The van der Waals surface area contributed by atoms with Crippen LogP contribution in [0.5, 0.6) is 11.5 Å². The molecule has 0 spiro atoms. The zero-order valence-electron chi connectivity index (χ0n) is 21.0. The van der Waals surface area contributed by atoms with Gasteiger partial charge in [0.2, 0.25) is 0 Å². The number of amides is 1. The maximum atomic E-state index is 13.2. The minimum absolute atomic E-state index is 0.0195. The molecular formula is C29H29ClN2O5. The average Bonchev–Trinajstić information content (AvgIpc) is 3.16. The Labute approximate surface area is 221 Å². The fraction of sp³-hybridized carbons (Fsp3) is 0.241. The van der Waals surface area contributed by atoms with E-state index in [2.05, 4.69) is 0 Å². The zero-order valence-corrected chi connectivity index (χ0v) is 21.7. The predicted molar refractivity (Wildman–Crippen MR) is 143 cm³/mol. The van der Waals surface area contributed by atoms with Crippen molar-refractivity contribution in [2.45, 2.75) is 12.6 Å². The van der Waals surface area contributed by atoms with Gasteiger partial charge < -0.3 is 24.4 Å². The maximum Gasteiger partial charge on any atom is 0.295 e. The third-order valence-electron chi connectivity index (χ3n) is 6.19. The van der Waals surface area contributed by atoms with E-state index in [4.69, 9.17) is 21.1 Å². The second kappa shape index (κ2) is 11.5. The van der Waals surface area contributed by atoms with Gasteiger partial charge in [-0.15, -0.1) is 0 Å². The van der Waals surface area contributed by atoms with E-state index in [-0.39, 0.29) is 11.3 Å². The SMILES string of the molecule is COc1cc(C2/C(=C(\O)c3ccc(Cl)cc3)C(=O)C(=O)N2CCN(C)C)ccc1OCc1ccccc1. The molecule has 3 aromatic carbocycles. The number of ether oxygens (including phenoxy) is 2. The molecule has 1 fully saturated rings. The largest absolute Gasteiger partial charge is 0.507 e. The summed E-state index contributed by atoms with van der Waals surface area (Å²) in [6.07, 6.45) is 0. The van der Waals surface area contributed by atoms with E-state index < -0.39 is 17.7 Å². The fourth-order valence-electron chi connectivity index (χ4n) is 4.24. The normalized spacial score (nSPS) is 16.9. The number of halogens is 1. The summed E-state index contributed by atoms with van der Waals surface area (Å²) in [5, 5.41) is 11.7. The smallest absolute Gasteiger partial charge is 0.295 e. The molecule has 3 aromatic rings. The first-order valence-corrected chi connectivity index (χ1v) is 12.2. The molecule has 1 saturated heterocycles. The molecule has 1 N–H and O–H groups in total. The minimum Gasteiger partial charge on any atom is -0.507 e. The number of hydrogen-bond donors (Lipinski definition) is 1. The number of likely N-dealkylation sites (tertiary alicyclic amines) is 1. The molecule has 192 valence electrons. The lowest BCUT2D eigenvalue weighted by molar-refractivity contribution is -0.140. The summed E-state index contributed by atoms with van der Waals surface area (Å²) in [6.45, 7) is 1.20. The molecule has 0 radical (unpaired) electrons. The predicted octanol–water partition coefficient (Wildman–Crippen LogP) is 4.91. The van der Waals surface area contributed by atoms with Gasteiger partial charge in [0.05, 0.1) is 18.7 Å². The zero-order chi connectivity index (χ0) is 26.5. The number of hydrogen-bond acceptors (Lipinski definition) is 6. The Morgan fingerprint density at radius 1 is 1.00 bits per heavy atom. The molecular weight excluding hydrogens is 492 g/mol. The van der Waals surface area contributed by atoms with Gasteiger partial charge in [-0.3, -0.25) is 9.59 Å². The number of likely N-dealkylation sites (N-methyl/N-ethyl adjacent to an activating group) is 1. The summed E-state index contributed by atoms with van der Waals surface area (Å²) in [5.41, 5.74) is 2.05. The first-order chi connectivity index (χ1) is 17.8. The van der Waals surface area contributed by atoms with E-state index in [1.54, 1.807) is 42.5 Å². The Kier molecular flexibility index (Phi) is 8.16. The third kappa shape index (κ3) is 5.79. The van der Waals surface area contributed by atoms with Gasteiger partial charge in [-0.2, -0.15) is 0 Å². The van der Waals surface area contributed by atoms with E-state index in [0.717, 1.165) is 5.56 Å². The number of aliphatic hydroxyl groups is 1. The number of carbonyl (C=O) groups is 2. The van der Waals surface area contributed by atoms with Gasteiger partial charge in [-0.05, 0) is 61.6 Å². The van der Waals surface area contributed by atoms with Crippen molar-refractivity contribution >= 4 is 29.1 Å². The van der Waals surface area contributed by atoms with Crippen molar-refractivity contribution in [3.05, 3.63) is 100 Å². The molecule has 1 amide bonds. The van der Waals surface area contributed by atoms with Crippen LogP contribution in [0.3, 0.4) is 0 Å². The molecule has 7 nitrogen and oxygen atoms in total. The van der Waals surface area contributed by atoms with Crippen molar-refractivity contribution < 1.29 is 24.2 Å². The Morgan fingerprint density at radius 2 is 1.70 bits per heavy atom. The number of methoxy groups -OCH3 is 1. The van der Waals surface area contributed by atoms with Gasteiger partial charge in [0.1, 0.15) is 12.4 Å². The van der Waals surface area contributed by atoms with Crippen molar-refractivity contribution in [2.24, 2.45) is 0 Å². The lowest BCUT2D eigenvalue weighted by Crippen LogP contribution is -2.35. The number of carbonyl (C=O) groups excluding carboxylic acids is 2.